The molecule has 1 aromatic carbocycles. The third-order valence-corrected chi connectivity index (χ3v) is 7.24. The van der Waals surface area contributed by atoms with Crippen molar-refractivity contribution in [2.24, 2.45) is 17.8 Å². The third-order valence-electron chi connectivity index (χ3n) is 7.24. The Morgan fingerprint density at radius 3 is 2.34 bits per heavy atom. The van der Waals surface area contributed by atoms with Crippen molar-refractivity contribution in [3.63, 3.8) is 0 Å². The minimum absolute atomic E-state index is 0.146. The molecule has 2 aromatic heterocycles. The summed E-state index contributed by atoms with van der Waals surface area (Å²) >= 11 is 0. The Hall–Kier alpha value is -3.42. The van der Waals surface area contributed by atoms with E-state index in [4.69, 9.17) is 0 Å². The van der Waals surface area contributed by atoms with E-state index in [1.807, 2.05) is 38.1 Å². The molecule has 0 aliphatic heterocycles. The highest BCUT2D eigenvalue weighted by Crippen LogP contribution is 2.51. The van der Waals surface area contributed by atoms with E-state index in [-0.39, 0.29) is 17.7 Å². The van der Waals surface area contributed by atoms with Gasteiger partial charge in [0.25, 0.3) is 5.91 Å². The van der Waals surface area contributed by atoms with Crippen molar-refractivity contribution in [2.75, 3.05) is 5.32 Å². The molecule has 1 atom stereocenters. The number of amides is 2. The van der Waals surface area contributed by atoms with Crippen LogP contribution in [0.15, 0.2) is 36.5 Å². The highest BCUT2D eigenvalue weighted by atomic mass is 16.2. The fourth-order valence-electron chi connectivity index (χ4n) is 5.28. The fraction of sp³-hybridized carbons (Fsp3) is 0.481. The molecular formula is C27H34N6O2. The lowest BCUT2D eigenvalue weighted by Crippen LogP contribution is -2.50. The second-order valence-electron chi connectivity index (χ2n) is 10.0. The van der Waals surface area contributed by atoms with Crippen LogP contribution in [0.2, 0.25) is 0 Å². The van der Waals surface area contributed by atoms with E-state index in [1.165, 1.54) is 0 Å². The number of aryl methyl sites for hydroxylation is 3. The Kier molecular flexibility index (Phi) is 6.45. The minimum atomic E-state index is -0.564. The van der Waals surface area contributed by atoms with Crippen molar-refractivity contribution in [1.82, 2.24) is 25.3 Å². The molecule has 0 spiro atoms. The minimum Gasteiger partial charge on any atom is -0.339 e. The maximum atomic E-state index is 13.6. The number of aromatic nitrogens is 4. The number of nitrogens with zero attached hydrogens (tertiary/aromatic N) is 3. The third kappa shape index (κ3) is 5.01. The van der Waals surface area contributed by atoms with Gasteiger partial charge in [-0.2, -0.15) is 10.2 Å². The van der Waals surface area contributed by atoms with Gasteiger partial charge in [0, 0.05) is 29.7 Å². The van der Waals surface area contributed by atoms with Crippen LogP contribution < -0.4 is 10.6 Å². The summed E-state index contributed by atoms with van der Waals surface area (Å²) in [5, 5.41) is 17.8. The van der Waals surface area contributed by atoms with E-state index in [0.29, 0.717) is 24.1 Å². The number of carbonyl (C=O) groups is 2. The predicted octanol–water partition coefficient (Wildman–Crippen LogP) is 4.47. The van der Waals surface area contributed by atoms with Crippen LogP contribution in [0.25, 0.3) is 11.1 Å². The number of H-pyrrole nitrogens is 1. The first-order chi connectivity index (χ1) is 17.0. The van der Waals surface area contributed by atoms with Crippen molar-refractivity contribution in [3.05, 3.63) is 53.6 Å². The lowest BCUT2D eigenvalue weighted by molar-refractivity contribution is -0.119. The highest BCUT2D eigenvalue weighted by Gasteiger charge is 2.48. The lowest BCUT2D eigenvalue weighted by atomic mass is 9.88. The average Bonchev–Trinajstić information content (AvgIpc) is 3.77. The zero-order chi connectivity index (χ0) is 24.5. The summed E-state index contributed by atoms with van der Waals surface area (Å²) in [5.74, 6) is 0.815. The summed E-state index contributed by atoms with van der Waals surface area (Å²) in [6.45, 7) is 6.70. The molecule has 1 unspecified atom stereocenters. The Labute approximate surface area is 205 Å². The standard InChI is InChI=1S/C27H34N6O2/c1-4-15-33-22(13-14-28-33)26(34)30-25(24(19-5-6-19)20-7-8-20)27(35)29-21-11-9-18(10-12-21)23-16(2)31-32-17(23)3/h9-14,19-20,24-25H,4-8,15H2,1-3H3,(H,29,35)(H,30,34)(H,31,32). The molecule has 35 heavy (non-hydrogen) atoms. The molecule has 2 aliphatic rings. The van der Waals surface area contributed by atoms with Crippen LogP contribution in [0.1, 0.15) is 60.9 Å². The van der Waals surface area contributed by atoms with Gasteiger partial charge in [0.2, 0.25) is 5.91 Å². The molecule has 184 valence electrons. The molecule has 8 heteroatoms. The molecule has 3 N–H and O–H groups in total. The van der Waals surface area contributed by atoms with Crippen molar-refractivity contribution in [1.29, 1.82) is 0 Å². The van der Waals surface area contributed by atoms with Crippen molar-refractivity contribution < 1.29 is 9.59 Å². The zero-order valence-electron chi connectivity index (χ0n) is 20.7. The topological polar surface area (TPSA) is 105 Å². The highest BCUT2D eigenvalue weighted by molar-refractivity contribution is 6.01. The summed E-state index contributed by atoms with van der Waals surface area (Å²) in [4.78, 5) is 26.8. The normalized spacial score (nSPS) is 16.3. The molecule has 2 aliphatic carbocycles. The molecule has 0 saturated heterocycles. The summed E-state index contributed by atoms with van der Waals surface area (Å²) in [7, 11) is 0. The lowest BCUT2D eigenvalue weighted by Gasteiger charge is -2.27. The molecule has 5 rings (SSSR count). The van der Waals surface area contributed by atoms with Gasteiger partial charge >= 0.3 is 0 Å². The molecular weight excluding hydrogens is 440 g/mol. The van der Waals surface area contributed by atoms with Gasteiger partial charge in [-0.3, -0.25) is 19.4 Å². The molecule has 2 fully saturated rings. The van der Waals surface area contributed by atoms with E-state index in [9.17, 15) is 9.59 Å². The molecule has 2 saturated carbocycles. The van der Waals surface area contributed by atoms with Gasteiger partial charge in [0.15, 0.2) is 0 Å². The van der Waals surface area contributed by atoms with Gasteiger partial charge in [-0.25, -0.2) is 0 Å². The summed E-state index contributed by atoms with van der Waals surface area (Å²) in [6, 6.07) is 8.98. The van der Waals surface area contributed by atoms with E-state index in [2.05, 4.69) is 32.9 Å². The number of carbonyl (C=O) groups excluding carboxylic acids is 2. The predicted molar refractivity (Wildman–Crippen MR) is 135 cm³/mol. The monoisotopic (exact) mass is 474 g/mol. The maximum Gasteiger partial charge on any atom is 0.270 e. The largest absolute Gasteiger partial charge is 0.339 e. The number of anilines is 1. The maximum absolute atomic E-state index is 13.6. The van der Waals surface area contributed by atoms with Crippen LogP contribution in [0.4, 0.5) is 5.69 Å². The molecule has 0 radical (unpaired) electrons. The number of nitrogens with one attached hydrogen (secondary N) is 3. The van der Waals surface area contributed by atoms with Crippen molar-refractivity contribution >= 4 is 17.5 Å². The number of rotatable bonds is 10. The van der Waals surface area contributed by atoms with Gasteiger partial charge < -0.3 is 10.6 Å². The van der Waals surface area contributed by atoms with E-state index in [1.54, 1.807) is 16.9 Å². The first-order valence-electron chi connectivity index (χ1n) is 12.7. The first-order valence-corrected chi connectivity index (χ1v) is 12.7. The fourth-order valence-corrected chi connectivity index (χ4v) is 5.28. The Morgan fingerprint density at radius 2 is 1.77 bits per heavy atom. The van der Waals surface area contributed by atoms with E-state index < -0.39 is 6.04 Å². The number of hydrogen-bond donors (Lipinski definition) is 3. The van der Waals surface area contributed by atoms with E-state index >= 15 is 0 Å². The molecule has 8 nitrogen and oxygen atoms in total. The first kappa shape index (κ1) is 23.3. The van der Waals surface area contributed by atoms with Crippen LogP contribution >= 0.6 is 0 Å². The van der Waals surface area contributed by atoms with Crippen molar-refractivity contribution in [3.8, 4) is 11.1 Å². The molecule has 3 aromatic rings. The Morgan fingerprint density at radius 1 is 1.09 bits per heavy atom. The summed E-state index contributed by atoms with van der Waals surface area (Å²) < 4.78 is 1.71. The van der Waals surface area contributed by atoms with Gasteiger partial charge in [-0.05, 0) is 87.5 Å². The van der Waals surface area contributed by atoms with Gasteiger partial charge in [-0.15, -0.1) is 0 Å². The number of benzene rings is 1. The second-order valence-corrected chi connectivity index (χ2v) is 10.0. The summed E-state index contributed by atoms with van der Waals surface area (Å²) in [6.07, 6.45) is 7.05. The zero-order valence-corrected chi connectivity index (χ0v) is 20.7. The summed E-state index contributed by atoms with van der Waals surface area (Å²) in [5.41, 5.74) is 5.32. The Bertz CT molecular complexity index is 1170. The van der Waals surface area contributed by atoms with Crippen LogP contribution in [0, 0.1) is 31.6 Å². The second kappa shape index (κ2) is 9.68. The van der Waals surface area contributed by atoms with Crippen LogP contribution in [-0.4, -0.2) is 37.8 Å². The smallest absolute Gasteiger partial charge is 0.270 e. The van der Waals surface area contributed by atoms with Gasteiger partial charge in [0.1, 0.15) is 11.7 Å². The van der Waals surface area contributed by atoms with Crippen LogP contribution in [-0.2, 0) is 11.3 Å². The number of aromatic amines is 1. The Balaban J connectivity index is 1.35. The molecule has 2 heterocycles. The van der Waals surface area contributed by atoms with Gasteiger partial charge in [0.05, 0.1) is 5.69 Å². The van der Waals surface area contributed by atoms with E-state index in [0.717, 1.165) is 60.3 Å². The molecule has 2 amide bonds. The van der Waals surface area contributed by atoms with Crippen molar-refractivity contribution in [2.45, 2.75) is 65.5 Å². The van der Waals surface area contributed by atoms with Gasteiger partial charge in [-0.1, -0.05) is 19.1 Å². The van der Waals surface area contributed by atoms with Crippen LogP contribution in [0.5, 0.6) is 0 Å². The number of hydrogen-bond acceptors (Lipinski definition) is 4. The SMILES string of the molecule is CCCn1nccc1C(=O)NC(C(=O)Nc1ccc(-c2c(C)n[nH]c2C)cc1)C(C1CC1)C1CC1. The molecule has 0 bridgehead atoms. The quantitative estimate of drug-likeness (QED) is 0.403. The van der Waals surface area contributed by atoms with Crippen LogP contribution in [0.3, 0.4) is 0 Å². The average molecular weight is 475 g/mol.